The molecule has 0 atom stereocenters. The van der Waals surface area contributed by atoms with Crippen molar-refractivity contribution in [1.82, 2.24) is 0 Å². The number of benzene rings is 7. The number of hydrogen-bond donors (Lipinski definition) is 0. The largest absolute Gasteiger partial charge is 0.457 e. The summed E-state index contributed by atoms with van der Waals surface area (Å²) in [6.45, 7) is 13.6. The van der Waals surface area contributed by atoms with Gasteiger partial charge in [0.1, 0.15) is 22.7 Å². The lowest BCUT2D eigenvalue weighted by atomic mass is 9.66. The van der Waals surface area contributed by atoms with Gasteiger partial charge in [0.25, 0.3) is 0 Å². The van der Waals surface area contributed by atoms with Crippen molar-refractivity contribution < 1.29 is 9.15 Å². The number of fused-ring (bicyclic) bond motifs is 13. The van der Waals surface area contributed by atoms with Gasteiger partial charge in [-0.25, -0.2) is 0 Å². The SMILES string of the molecule is CC(C)(C)c1ccc(N(c2ccc(C(C)(C)C)cc2)c2cc3c(c4oc5ccccc5c24)-c2ccccc2C32c3ccccc3Oc3ccccc32)cc1. The van der Waals surface area contributed by atoms with Gasteiger partial charge in [0.05, 0.1) is 16.5 Å². The molecule has 0 saturated carbocycles. The third-order valence-corrected chi connectivity index (χ3v) is 11.7. The van der Waals surface area contributed by atoms with Crippen LogP contribution >= 0.6 is 0 Å². The molecule has 0 radical (unpaired) electrons. The Balaban J connectivity index is 1.37. The minimum Gasteiger partial charge on any atom is -0.457 e. The van der Waals surface area contributed by atoms with Crippen LogP contribution < -0.4 is 9.64 Å². The second-order valence-corrected chi connectivity index (χ2v) is 16.9. The van der Waals surface area contributed by atoms with Crippen LogP contribution in [0, 0.1) is 0 Å². The molecule has 0 unspecified atom stereocenters. The highest BCUT2D eigenvalue weighted by atomic mass is 16.5. The molecule has 0 fully saturated rings. The van der Waals surface area contributed by atoms with Gasteiger partial charge in [0, 0.05) is 33.5 Å². The van der Waals surface area contributed by atoms with Crippen molar-refractivity contribution in [2.75, 3.05) is 4.90 Å². The van der Waals surface area contributed by atoms with Crippen molar-refractivity contribution in [1.29, 1.82) is 0 Å². The minimum absolute atomic E-state index is 0.0291. The summed E-state index contributed by atoms with van der Waals surface area (Å²) in [5, 5.41) is 2.20. The number of furan rings is 1. The Labute approximate surface area is 317 Å². The fourth-order valence-corrected chi connectivity index (χ4v) is 9.01. The summed E-state index contributed by atoms with van der Waals surface area (Å²) in [7, 11) is 0. The van der Waals surface area contributed by atoms with Crippen LogP contribution in [0.1, 0.15) is 74.9 Å². The Hall–Kier alpha value is -6.06. The molecule has 7 aromatic carbocycles. The van der Waals surface area contributed by atoms with E-state index < -0.39 is 5.41 Å². The molecule has 8 aromatic rings. The fraction of sp³-hybridized carbons (Fsp3) is 0.176. The predicted octanol–water partition coefficient (Wildman–Crippen LogP) is 14.1. The van der Waals surface area contributed by atoms with Crippen molar-refractivity contribution >= 4 is 39.0 Å². The Bertz CT molecular complexity index is 2650. The lowest BCUT2D eigenvalue weighted by molar-refractivity contribution is 0.436. The van der Waals surface area contributed by atoms with Crippen LogP contribution in [0.3, 0.4) is 0 Å². The summed E-state index contributed by atoms with van der Waals surface area (Å²) in [6.07, 6.45) is 0. The first-order valence-electron chi connectivity index (χ1n) is 19.0. The van der Waals surface area contributed by atoms with Crippen LogP contribution in [-0.2, 0) is 16.2 Å². The molecule has 54 heavy (non-hydrogen) atoms. The molecule has 1 aliphatic heterocycles. The number of para-hydroxylation sites is 3. The molecule has 264 valence electrons. The van der Waals surface area contributed by atoms with Gasteiger partial charge in [-0.3, -0.25) is 0 Å². The van der Waals surface area contributed by atoms with Gasteiger partial charge in [0.15, 0.2) is 0 Å². The van der Waals surface area contributed by atoms with Gasteiger partial charge >= 0.3 is 0 Å². The van der Waals surface area contributed by atoms with Crippen molar-refractivity contribution in [2.24, 2.45) is 0 Å². The molecule has 1 aromatic heterocycles. The Morgan fingerprint density at radius 3 is 1.57 bits per heavy atom. The Morgan fingerprint density at radius 2 is 1.00 bits per heavy atom. The summed E-state index contributed by atoms with van der Waals surface area (Å²) in [6, 6.07) is 55.2. The zero-order chi connectivity index (χ0) is 37.0. The van der Waals surface area contributed by atoms with Crippen LogP contribution in [-0.4, -0.2) is 0 Å². The first kappa shape index (κ1) is 32.6. The van der Waals surface area contributed by atoms with Crippen LogP contribution in [0.4, 0.5) is 17.1 Å². The second-order valence-electron chi connectivity index (χ2n) is 16.9. The number of rotatable bonds is 3. The predicted molar refractivity (Wildman–Crippen MR) is 223 cm³/mol. The average molecular weight is 702 g/mol. The van der Waals surface area contributed by atoms with E-state index >= 15 is 0 Å². The number of ether oxygens (including phenoxy) is 1. The van der Waals surface area contributed by atoms with E-state index in [1.165, 1.54) is 27.8 Å². The van der Waals surface area contributed by atoms with Crippen molar-refractivity contribution in [3.63, 3.8) is 0 Å². The molecule has 2 heterocycles. The fourth-order valence-electron chi connectivity index (χ4n) is 9.01. The molecule has 2 aliphatic rings. The molecule has 10 rings (SSSR count). The molecular formula is C51H43NO2. The third-order valence-electron chi connectivity index (χ3n) is 11.7. The van der Waals surface area contributed by atoms with E-state index in [0.717, 1.165) is 67.2 Å². The van der Waals surface area contributed by atoms with Crippen LogP contribution in [0.15, 0.2) is 156 Å². The molecule has 0 N–H and O–H groups in total. The first-order chi connectivity index (χ1) is 26.0. The summed E-state index contributed by atoms with van der Waals surface area (Å²) in [4.78, 5) is 2.44. The summed E-state index contributed by atoms with van der Waals surface area (Å²) < 4.78 is 13.8. The second kappa shape index (κ2) is 11.5. The van der Waals surface area contributed by atoms with E-state index in [1.54, 1.807) is 0 Å². The van der Waals surface area contributed by atoms with E-state index in [4.69, 9.17) is 9.15 Å². The van der Waals surface area contributed by atoms with E-state index in [9.17, 15) is 0 Å². The molecule has 1 aliphatic carbocycles. The maximum absolute atomic E-state index is 7.09. The van der Waals surface area contributed by atoms with Crippen molar-refractivity contribution in [3.8, 4) is 22.6 Å². The van der Waals surface area contributed by atoms with Gasteiger partial charge in [-0.15, -0.1) is 0 Å². The maximum Gasteiger partial charge on any atom is 0.145 e. The number of hydrogen-bond acceptors (Lipinski definition) is 3. The quantitative estimate of drug-likeness (QED) is 0.183. The minimum atomic E-state index is -0.642. The molecule has 0 amide bonds. The maximum atomic E-state index is 7.09. The van der Waals surface area contributed by atoms with Gasteiger partial charge < -0.3 is 14.1 Å². The number of nitrogens with zero attached hydrogens (tertiary/aromatic N) is 1. The summed E-state index contributed by atoms with van der Waals surface area (Å²) >= 11 is 0. The van der Waals surface area contributed by atoms with Crippen LogP contribution in [0.25, 0.3) is 33.1 Å². The normalized spacial score (nSPS) is 14.0. The Morgan fingerprint density at radius 1 is 0.500 bits per heavy atom. The van der Waals surface area contributed by atoms with Crippen LogP contribution in [0.2, 0.25) is 0 Å². The van der Waals surface area contributed by atoms with Gasteiger partial charge in [0.2, 0.25) is 0 Å². The van der Waals surface area contributed by atoms with Gasteiger partial charge in [-0.2, -0.15) is 0 Å². The van der Waals surface area contributed by atoms with Crippen LogP contribution in [0.5, 0.6) is 11.5 Å². The van der Waals surface area contributed by atoms with Crippen molar-refractivity contribution in [2.45, 2.75) is 57.8 Å². The first-order valence-corrected chi connectivity index (χ1v) is 19.0. The monoisotopic (exact) mass is 701 g/mol. The number of anilines is 3. The molecule has 0 saturated heterocycles. The average Bonchev–Trinajstić information content (AvgIpc) is 3.69. The lowest BCUT2D eigenvalue weighted by Crippen LogP contribution is -2.32. The van der Waals surface area contributed by atoms with Crippen molar-refractivity contribution in [3.05, 3.63) is 185 Å². The highest BCUT2D eigenvalue weighted by molar-refractivity contribution is 6.19. The zero-order valence-electron chi connectivity index (χ0n) is 31.7. The molecular weight excluding hydrogens is 659 g/mol. The molecule has 0 bridgehead atoms. The van der Waals surface area contributed by atoms with E-state index in [0.29, 0.717) is 0 Å². The highest BCUT2D eigenvalue weighted by Crippen LogP contribution is 2.64. The zero-order valence-corrected chi connectivity index (χ0v) is 31.7. The lowest BCUT2D eigenvalue weighted by Gasteiger charge is -2.39. The topological polar surface area (TPSA) is 25.6 Å². The van der Waals surface area contributed by atoms with E-state index in [-0.39, 0.29) is 10.8 Å². The molecule has 3 nitrogen and oxygen atoms in total. The molecule has 3 heteroatoms. The summed E-state index contributed by atoms with van der Waals surface area (Å²) in [5.74, 6) is 1.75. The van der Waals surface area contributed by atoms with E-state index in [1.807, 2.05) is 0 Å². The summed E-state index contributed by atoms with van der Waals surface area (Å²) in [5.41, 5.74) is 14.1. The Kier molecular flexibility index (Phi) is 6.92. The van der Waals surface area contributed by atoms with E-state index in [2.05, 4.69) is 198 Å². The third kappa shape index (κ3) is 4.61. The standard InChI is InChI=1S/C51H43NO2/c1-49(2,3)32-23-27-34(28-24-32)52(35-29-25-33(26-30-35)50(4,5)6)42-31-41-46(48-47(42)37-16-8-12-20-43(37)54-48)36-15-7-9-17-38(36)51(41)39-18-10-13-21-44(39)53-45-22-14-11-19-40(45)51/h7-31H,1-6H3. The smallest absolute Gasteiger partial charge is 0.145 e. The van der Waals surface area contributed by atoms with Gasteiger partial charge in [-0.1, -0.05) is 145 Å². The highest BCUT2D eigenvalue weighted by Gasteiger charge is 2.52. The van der Waals surface area contributed by atoms with Gasteiger partial charge in [-0.05, 0) is 87.2 Å². The molecule has 1 spiro atoms.